The largest absolute Gasteiger partial charge is 0.294 e. The van der Waals surface area contributed by atoms with Gasteiger partial charge in [-0.15, -0.1) is 0 Å². The molecule has 0 atom stereocenters. The molecule has 0 amide bonds. The second-order valence-corrected chi connectivity index (χ2v) is 8.33. The number of rotatable bonds is 8. The van der Waals surface area contributed by atoms with Crippen molar-refractivity contribution in [1.82, 2.24) is 15.2 Å². The lowest BCUT2D eigenvalue weighted by Crippen LogP contribution is -2.03. The molecular weight excluding hydrogens is 434 g/mol. The van der Waals surface area contributed by atoms with Gasteiger partial charge in [0.15, 0.2) is 23.2 Å². The quantitative estimate of drug-likeness (QED) is 0.290. The van der Waals surface area contributed by atoms with Crippen molar-refractivity contribution in [3.05, 3.63) is 131 Å². The maximum Gasteiger partial charge on any atom is 0.181 e. The lowest BCUT2D eigenvalue weighted by molar-refractivity contribution is 0.0985. The van der Waals surface area contributed by atoms with Gasteiger partial charge in [-0.2, -0.15) is 5.10 Å². The Labute approximate surface area is 203 Å². The third-order valence-electron chi connectivity index (χ3n) is 5.85. The molecule has 0 saturated carbocycles. The Morgan fingerprint density at radius 1 is 0.571 bits per heavy atom. The summed E-state index contributed by atoms with van der Waals surface area (Å²) < 4.78 is 0. The monoisotopic (exact) mass is 457 g/mol. The Hall–Kier alpha value is -4.64. The summed E-state index contributed by atoms with van der Waals surface area (Å²) in [6.07, 6.45) is 0.702. The van der Waals surface area contributed by atoms with Gasteiger partial charge in [-0.3, -0.25) is 14.7 Å². The van der Waals surface area contributed by atoms with Crippen molar-refractivity contribution in [2.75, 3.05) is 0 Å². The van der Waals surface area contributed by atoms with Gasteiger partial charge in [0.05, 0.1) is 0 Å². The highest BCUT2D eigenvalue weighted by molar-refractivity contribution is 5.98. The molecule has 1 aromatic heterocycles. The highest BCUT2D eigenvalue weighted by Crippen LogP contribution is 2.22. The van der Waals surface area contributed by atoms with Crippen molar-refractivity contribution in [1.29, 1.82) is 0 Å². The molecule has 5 heteroatoms. The van der Waals surface area contributed by atoms with Crippen LogP contribution in [0.2, 0.25) is 0 Å². The highest BCUT2D eigenvalue weighted by atomic mass is 16.1. The number of nitrogens with one attached hydrogen (secondary N) is 1. The summed E-state index contributed by atoms with van der Waals surface area (Å²) >= 11 is 0. The Morgan fingerprint density at radius 2 is 1.03 bits per heavy atom. The van der Waals surface area contributed by atoms with E-state index < -0.39 is 0 Å². The van der Waals surface area contributed by atoms with Crippen LogP contribution in [0.5, 0.6) is 0 Å². The van der Waals surface area contributed by atoms with E-state index in [9.17, 15) is 9.59 Å². The van der Waals surface area contributed by atoms with Crippen LogP contribution in [0.15, 0.2) is 109 Å². The van der Waals surface area contributed by atoms with Crippen LogP contribution in [0.1, 0.15) is 31.8 Å². The summed E-state index contributed by atoms with van der Waals surface area (Å²) in [6.45, 7) is 0. The van der Waals surface area contributed by atoms with Gasteiger partial charge in [-0.1, -0.05) is 109 Å². The van der Waals surface area contributed by atoms with E-state index in [1.807, 2.05) is 109 Å². The number of aromatic amines is 1. The number of benzene rings is 4. The first kappa shape index (κ1) is 22.2. The molecule has 5 aromatic rings. The number of ketones is 2. The molecule has 0 saturated heterocycles. The minimum atomic E-state index is 0.0902. The van der Waals surface area contributed by atoms with Gasteiger partial charge >= 0.3 is 0 Å². The number of aromatic nitrogens is 3. The molecule has 35 heavy (non-hydrogen) atoms. The molecule has 5 rings (SSSR count). The van der Waals surface area contributed by atoms with Crippen molar-refractivity contribution >= 4 is 11.6 Å². The minimum Gasteiger partial charge on any atom is -0.294 e. The van der Waals surface area contributed by atoms with Crippen LogP contribution >= 0.6 is 0 Å². The molecule has 0 aliphatic carbocycles. The number of H-pyrrole nitrogens is 1. The zero-order valence-corrected chi connectivity index (χ0v) is 19.0. The molecule has 4 aromatic carbocycles. The highest BCUT2D eigenvalue weighted by Gasteiger charge is 2.11. The molecule has 0 unspecified atom stereocenters. The lowest BCUT2D eigenvalue weighted by Gasteiger charge is -2.03. The summed E-state index contributed by atoms with van der Waals surface area (Å²) in [6, 6.07) is 34.1. The normalized spacial score (nSPS) is 10.7. The molecule has 0 aliphatic rings. The Kier molecular flexibility index (Phi) is 6.39. The second kappa shape index (κ2) is 10.1. The number of hydrogen-bond acceptors (Lipinski definition) is 4. The van der Waals surface area contributed by atoms with Gasteiger partial charge in [0.1, 0.15) is 0 Å². The summed E-state index contributed by atoms with van der Waals surface area (Å²) in [7, 11) is 0. The van der Waals surface area contributed by atoms with E-state index in [4.69, 9.17) is 0 Å². The first-order chi connectivity index (χ1) is 17.2. The van der Waals surface area contributed by atoms with E-state index in [0.29, 0.717) is 35.6 Å². The summed E-state index contributed by atoms with van der Waals surface area (Å²) in [5, 5.41) is 7.35. The van der Waals surface area contributed by atoms with Crippen molar-refractivity contribution in [3.63, 3.8) is 0 Å². The van der Waals surface area contributed by atoms with Crippen molar-refractivity contribution in [2.45, 2.75) is 12.8 Å². The molecule has 1 N–H and O–H groups in total. The van der Waals surface area contributed by atoms with Crippen LogP contribution in [-0.2, 0) is 12.8 Å². The fraction of sp³-hybridized carbons (Fsp3) is 0.0667. The molecule has 0 bridgehead atoms. The summed E-state index contributed by atoms with van der Waals surface area (Å²) in [5.74, 6) is 1.43. The van der Waals surface area contributed by atoms with E-state index in [2.05, 4.69) is 15.2 Å². The maximum absolute atomic E-state index is 12.4. The van der Waals surface area contributed by atoms with Crippen molar-refractivity contribution < 1.29 is 9.59 Å². The van der Waals surface area contributed by atoms with Gasteiger partial charge in [0, 0.05) is 35.1 Å². The first-order valence-corrected chi connectivity index (χ1v) is 11.4. The molecule has 0 fully saturated rings. The van der Waals surface area contributed by atoms with Crippen LogP contribution in [0.3, 0.4) is 0 Å². The van der Waals surface area contributed by atoms with Crippen LogP contribution in [0, 0.1) is 0 Å². The molecule has 1 heterocycles. The fourth-order valence-corrected chi connectivity index (χ4v) is 3.90. The van der Waals surface area contributed by atoms with Crippen molar-refractivity contribution in [3.8, 4) is 22.8 Å². The maximum atomic E-state index is 12.4. The van der Waals surface area contributed by atoms with Crippen LogP contribution in [-0.4, -0.2) is 26.7 Å². The smallest absolute Gasteiger partial charge is 0.181 e. The average molecular weight is 458 g/mol. The summed E-state index contributed by atoms with van der Waals surface area (Å²) in [4.78, 5) is 29.5. The van der Waals surface area contributed by atoms with E-state index in [0.717, 1.165) is 22.3 Å². The van der Waals surface area contributed by atoms with Gasteiger partial charge in [0.25, 0.3) is 0 Å². The van der Waals surface area contributed by atoms with E-state index >= 15 is 0 Å². The Morgan fingerprint density at radius 3 is 1.51 bits per heavy atom. The SMILES string of the molecule is O=C(Cc1ccc(-c2n[nH]c(-c3ccc(CC(=O)c4ccccc4)cc3)n2)cc1)c1ccccc1. The van der Waals surface area contributed by atoms with Gasteiger partial charge < -0.3 is 0 Å². The van der Waals surface area contributed by atoms with Crippen molar-refractivity contribution in [2.24, 2.45) is 0 Å². The number of carbonyl (C=O) groups excluding carboxylic acids is 2. The summed E-state index contributed by atoms with van der Waals surface area (Å²) in [5.41, 5.74) is 5.08. The third kappa shape index (κ3) is 5.31. The van der Waals surface area contributed by atoms with Crippen LogP contribution in [0.25, 0.3) is 22.8 Å². The molecular formula is C30H23N3O2. The first-order valence-electron chi connectivity index (χ1n) is 11.4. The van der Waals surface area contributed by atoms with E-state index in [-0.39, 0.29) is 11.6 Å². The van der Waals surface area contributed by atoms with Crippen LogP contribution < -0.4 is 0 Å². The van der Waals surface area contributed by atoms with Gasteiger partial charge in [-0.25, -0.2) is 4.98 Å². The fourth-order valence-electron chi connectivity index (χ4n) is 3.90. The van der Waals surface area contributed by atoms with E-state index in [1.165, 1.54) is 0 Å². The average Bonchev–Trinajstić information content (AvgIpc) is 3.41. The Bertz CT molecular complexity index is 1330. The van der Waals surface area contributed by atoms with Crippen LogP contribution in [0.4, 0.5) is 0 Å². The number of nitrogens with zero attached hydrogens (tertiary/aromatic N) is 2. The second-order valence-electron chi connectivity index (χ2n) is 8.33. The van der Waals surface area contributed by atoms with Gasteiger partial charge in [0.2, 0.25) is 0 Å². The van der Waals surface area contributed by atoms with E-state index in [1.54, 1.807) is 0 Å². The van der Waals surface area contributed by atoms with Gasteiger partial charge in [-0.05, 0) is 11.1 Å². The zero-order chi connectivity index (χ0) is 24.0. The molecule has 0 radical (unpaired) electrons. The lowest BCUT2D eigenvalue weighted by atomic mass is 10.0. The minimum absolute atomic E-state index is 0.0902. The number of carbonyl (C=O) groups is 2. The number of Topliss-reactive ketones (excluding diaryl/α,β-unsaturated/α-hetero) is 2. The molecule has 0 spiro atoms. The zero-order valence-electron chi connectivity index (χ0n) is 19.0. The molecule has 170 valence electrons. The molecule has 0 aliphatic heterocycles. The molecule has 5 nitrogen and oxygen atoms in total. The third-order valence-corrected chi connectivity index (χ3v) is 5.85. The predicted molar refractivity (Wildman–Crippen MR) is 136 cm³/mol. The standard InChI is InChI=1S/C30H23N3O2/c34-27(23-7-3-1-4-8-23)19-21-11-15-25(16-12-21)29-31-30(33-32-29)26-17-13-22(14-18-26)20-28(35)24-9-5-2-6-10-24/h1-18H,19-20H2,(H,31,32,33). The topological polar surface area (TPSA) is 75.7 Å². The number of hydrogen-bond donors (Lipinski definition) is 1. The predicted octanol–water partition coefficient (Wildman–Crippen LogP) is 5.99. The Balaban J connectivity index is 1.24.